The predicted octanol–water partition coefficient (Wildman–Crippen LogP) is 0.547. The Kier molecular flexibility index (Phi) is 4.50. The topological polar surface area (TPSA) is 111 Å². The molecule has 1 aromatic heterocycles. The Labute approximate surface area is 107 Å². The van der Waals surface area contributed by atoms with Gasteiger partial charge in [0.15, 0.2) is 0 Å². The molecule has 10 heteroatoms. The van der Waals surface area contributed by atoms with Crippen LogP contribution >= 0.6 is 11.3 Å². The molecule has 0 saturated carbocycles. The molecule has 0 aliphatic rings. The Balaban J connectivity index is 2.88. The Bertz CT molecular complexity index is 550. The van der Waals surface area contributed by atoms with Crippen molar-refractivity contribution in [3.8, 4) is 0 Å². The van der Waals surface area contributed by atoms with Crippen LogP contribution in [0.1, 0.15) is 9.67 Å². The molecule has 0 spiro atoms. The van der Waals surface area contributed by atoms with E-state index in [0.29, 0.717) is 0 Å². The molecule has 1 amide bonds. The van der Waals surface area contributed by atoms with Gasteiger partial charge in [-0.2, -0.15) is 8.42 Å². The maximum Gasteiger partial charge on any atom is 0.422 e. The van der Waals surface area contributed by atoms with Crippen LogP contribution < -0.4 is 9.44 Å². The fourth-order valence-electron chi connectivity index (χ4n) is 0.962. The summed E-state index contributed by atoms with van der Waals surface area (Å²) in [6.45, 7) is 0. The zero-order chi connectivity index (χ0) is 13.8. The molecule has 0 aliphatic carbocycles. The third kappa shape index (κ3) is 3.60. The summed E-state index contributed by atoms with van der Waals surface area (Å²) in [7, 11) is -1.96. The highest BCUT2D eigenvalue weighted by atomic mass is 32.2. The summed E-state index contributed by atoms with van der Waals surface area (Å²) >= 11 is 1.00. The van der Waals surface area contributed by atoms with E-state index in [1.807, 2.05) is 4.72 Å². The number of nitrogens with one attached hydrogen (secondary N) is 2. The minimum atomic E-state index is -4.16. The predicted molar refractivity (Wildman–Crippen MR) is 63.7 cm³/mol. The van der Waals surface area contributed by atoms with Crippen LogP contribution in [0.5, 0.6) is 0 Å². The quantitative estimate of drug-likeness (QED) is 0.784. The van der Waals surface area contributed by atoms with Crippen LogP contribution in [0.3, 0.4) is 0 Å². The molecule has 0 radical (unpaired) electrons. The van der Waals surface area contributed by atoms with Gasteiger partial charge in [0.2, 0.25) is 0 Å². The zero-order valence-corrected chi connectivity index (χ0v) is 11.1. The van der Waals surface area contributed by atoms with E-state index in [9.17, 15) is 18.0 Å². The van der Waals surface area contributed by atoms with Crippen molar-refractivity contribution < 1.29 is 27.5 Å². The van der Waals surface area contributed by atoms with Gasteiger partial charge in [0, 0.05) is 0 Å². The van der Waals surface area contributed by atoms with Gasteiger partial charge in [-0.25, -0.2) is 14.3 Å². The van der Waals surface area contributed by atoms with Crippen LogP contribution in [0.2, 0.25) is 0 Å². The van der Waals surface area contributed by atoms with Crippen LogP contribution in [0.4, 0.5) is 10.5 Å². The lowest BCUT2D eigenvalue weighted by Crippen LogP contribution is -2.35. The van der Waals surface area contributed by atoms with Gasteiger partial charge in [-0.3, -0.25) is 4.72 Å². The van der Waals surface area contributed by atoms with Crippen molar-refractivity contribution in [1.82, 2.24) is 4.72 Å². The molecule has 0 saturated heterocycles. The number of carbonyl (C=O) groups is 2. The summed E-state index contributed by atoms with van der Waals surface area (Å²) in [5.41, 5.74) is 0.0169. The van der Waals surface area contributed by atoms with Gasteiger partial charge in [0.05, 0.1) is 19.9 Å². The Hall–Kier alpha value is -1.81. The largest absolute Gasteiger partial charge is 0.465 e. The molecule has 0 atom stereocenters. The summed E-state index contributed by atoms with van der Waals surface area (Å²) in [4.78, 5) is 22.2. The third-order valence-electron chi connectivity index (χ3n) is 1.68. The number of rotatable bonds is 4. The number of esters is 1. The normalized spacial score (nSPS) is 10.6. The molecule has 1 heterocycles. The summed E-state index contributed by atoms with van der Waals surface area (Å²) in [5, 5.41) is 1.50. The number of thiophene rings is 1. The maximum atomic E-state index is 11.5. The third-order valence-corrected chi connectivity index (χ3v) is 3.50. The lowest BCUT2D eigenvalue weighted by molar-refractivity contribution is 0.0607. The number of amides is 1. The smallest absolute Gasteiger partial charge is 0.422 e. The number of methoxy groups -OCH3 is 2. The molecule has 1 aromatic rings. The monoisotopic (exact) mass is 294 g/mol. The van der Waals surface area contributed by atoms with Crippen LogP contribution in [0.15, 0.2) is 11.4 Å². The number of hydrogen-bond donors (Lipinski definition) is 2. The summed E-state index contributed by atoms with van der Waals surface area (Å²) in [6, 6.07) is 1.37. The number of hydrogen-bond acceptors (Lipinski definition) is 7. The highest BCUT2D eigenvalue weighted by molar-refractivity contribution is 7.91. The first-order valence-electron chi connectivity index (χ1n) is 4.44. The molecule has 0 bridgehead atoms. The second-order valence-corrected chi connectivity index (χ2v) is 5.19. The van der Waals surface area contributed by atoms with Gasteiger partial charge in [-0.05, 0) is 11.4 Å². The minimum absolute atomic E-state index is 0.0169. The van der Waals surface area contributed by atoms with Crippen molar-refractivity contribution in [3.63, 3.8) is 0 Å². The molecule has 0 unspecified atom stereocenters. The number of anilines is 1. The highest BCUT2D eigenvalue weighted by Crippen LogP contribution is 2.23. The van der Waals surface area contributed by atoms with Crippen molar-refractivity contribution in [1.29, 1.82) is 0 Å². The molecule has 2 N–H and O–H groups in total. The molecular formula is C8H10N2O6S2. The van der Waals surface area contributed by atoms with Crippen LogP contribution in [-0.4, -0.2) is 34.7 Å². The van der Waals surface area contributed by atoms with Gasteiger partial charge in [-0.1, -0.05) is 0 Å². The minimum Gasteiger partial charge on any atom is -0.465 e. The first kappa shape index (κ1) is 14.3. The van der Waals surface area contributed by atoms with E-state index in [0.717, 1.165) is 18.4 Å². The molecule has 0 fully saturated rings. The number of carbonyl (C=O) groups excluding carboxylic acids is 2. The van der Waals surface area contributed by atoms with E-state index in [1.165, 1.54) is 18.6 Å². The lowest BCUT2D eigenvalue weighted by atomic mass is 10.4. The zero-order valence-electron chi connectivity index (χ0n) is 9.42. The first-order valence-corrected chi connectivity index (χ1v) is 6.80. The van der Waals surface area contributed by atoms with Crippen LogP contribution in [-0.2, 0) is 19.7 Å². The van der Waals surface area contributed by atoms with Crippen LogP contribution in [0, 0.1) is 0 Å². The van der Waals surface area contributed by atoms with E-state index in [4.69, 9.17) is 0 Å². The van der Waals surface area contributed by atoms with Gasteiger partial charge >= 0.3 is 22.3 Å². The second-order valence-electron chi connectivity index (χ2n) is 2.85. The van der Waals surface area contributed by atoms with E-state index in [1.54, 1.807) is 4.72 Å². The Morgan fingerprint density at radius 2 is 1.94 bits per heavy atom. The maximum absolute atomic E-state index is 11.5. The first-order chi connectivity index (χ1) is 8.39. The average molecular weight is 294 g/mol. The SMILES string of the molecule is COC(=O)NS(=O)(=O)Nc1ccsc1C(=O)OC. The molecule has 0 aromatic carbocycles. The second kappa shape index (κ2) is 5.69. The van der Waals surface area contributed by atoms with Crippen molar-refractivity contribution in [2.24, 2.45) is 0 Å². The Morgan fingerprint density at radius 3 is 2.50 bits per heavy atom. The lowest BCUT2D eigenvalue weighted by Gasteiger charge is -2.08. The molecule has 0 aliphatic heterocycles. The average Bonchev–Trinajstić information content (AvgIpc) is 2.74. The van der Waals surface area contributed by atoms with E-state index in [2.05, 4.69) is 9.47 Å². The Morgan fingerprint density at radius 1 is 1.28 bits per heavy atom. The fourth-order valence-corrected chi connectivity index (χ4v) is 2.61. The molecular weight excluding hydrogens is 284 g/mol. The summed E-state index contributed by atoms with van der Waals surface area (Å²) in [5.74, 6) is -0.680. The fraction of sp³-hybridized carbons (Fsp3) is 0.250. The highest BCUT2D eigenvalue weighted by Gasteiger charge is 2.20. The van der Waals surface area contributed by atoms with Gasteiger partial charge in [0.1, 0.15) is 4.88 Å². The van der Waals surface area contributed by atoms with E-state index >= 15 is 0 Å². The summed E-state index contributed by atoms with van der Waals surface area (Å²) in [6.07, 6.45) is -1.14. The molecule has 18 heavy (non-hydrogen) atoms. The number of ether oxygens (including phenoxy) is 2. The van der Waals surface area contributed by atoms with E-state index in [-0.39, 0.29) is 10.6 Å². The van der Waals surface area contributed by atoms with Crippen molar-refractivity contribution in [2.45, 2.75) is 0 Å². The van der Waals surface area contributed by atoms with Crippen LogP contribution in [0.25, 0.3) is 0 Å². The van der Waals surface area contributed by atoms with E-state index < -0.39 is 22.3 Å². The van der Waals surface area contributed by atoms with Gasteiger partial charge < -0.3 is 9.47 Å². The van der Waals surface area contributed by atoms with Crippen molar-refractivity contribution >= 4 is 39.3 Å². The summed E-state index contributed by atoms with van der Waals surface area (Å²) < 4.78 is 35.1. The molecule has 100 valence electrons. The van der Waals surface area contributed by atoms with Crippen molar-refractivity contribution in [3.05, 3.63) is 16.3 Å². The standard InChI is InChI=1S/C8H10N2O6S2/c1-15-7(11)6-5(3-4-17-6)9-18(13,14)10-8(12)16-2/h3-4,9H,1-2H3,(H,10,12). The van der Waals surface area contributed by atoms with Crippen molar-refractivity contribution in [2.75, 3.05) is 18.9 Å². The molecule has 1 rings (SSSR count). The van der Waals surface area contributed by atoms with Gasteiger partial charge in [-0.15, -0.1) is 11.3 Å². The van der Waals surface area contributed by atoms with Gasteiger partial charge in [0.25, 0.3) is 0 Å². The molecule has 8 nitrogen and oxygen atoms in total.